The Morgan fingerprint density at radius 2 is 2.06 bits per heavy atom. The summed E-state index contributed by atoms with van der Waals surface area (Å²) >= 11 is 3.17. The Kier molecular flexibility index (Phi) is 2.28. The summed E-state index contributed by atoms with van der Waals surface area (Å²) in [5.41, 5.74) is 0.963. The van der Waals surface area contributed by atoms with Gasteiger partial charge in [-0.1, -0.05) is 0 Å². The molecule has 1 nitrogen and oxygen atoms in total. The van der Waals surface area contributed by atoms with E-state index in [0.29, 0.717) is 17.3 Å². The average Bonchev–Trinajstić information content (AvgIpc) is 2.57. The summed E-state index contributed by atoms with van der Waals surface area (Å²) in [7, 11) is 0. The van der Waals surface area contributed by atoms with Crippen molar-refractivity contribution in [3.05, 3.63) is 34.7 Å². The van der Waals surface area contributed by atoms with Crippen LogP contribution in [0.25, 0.3) is 10.9 Å². The van der Waals surface area contributed by atoms with Gasteiger partial charge in [0.15, 0.2) is 0 Å². The second-order valence-electron chi connectivity index (χ2n) is 4.27. The van der Waals surface area contributed by atoms with E-state index >= 15 is 0 Å². The molecule has 0 unspecified atom stereocenters. The van der Waals surface area contributed by atoms with Crippen LogP contribution in [0.5, 0.6) is 0 Å². The Labute approximate surface area is 100 Å². The van der Waals surface area contributed by atoms with Gasteiger partial charge in [0.2, 0.25) is 0 Å². The number of halogens is 3. The summed E-state index contributed by atoms with van der Waals surface area (Å²) in [4.78, 5) is 0. The average molecular weight is 286 g/mol. The first kappa shape index (κ1) is 10.3. The number of rotatable bonds is 1. The van der Waals surface area contributed by atoms with Crippen LogP contribution in [0.1, 0.15) is 18.9 Å². The minimum absolute atomic E-state index is 0.227. The first-order valence-corrected chi connectivity index (χ1v) is 6.04. The van der Waals surface area contributed by atoms with E-state index in [1.54, 1.807) is 6.07 Å². The number of fused-ring (bicyclic) bond motifs is 1. The second-order valence-corrected chi connectivity index (χ2v) is 5.12. The van der Waals surface area contributed by atoms with Crippen LogP contribution in [-0.2, 0) is 0 Å². The van der Waals surface area contributed by atoms with Crippen LogP contribution in [0.2, 0.25) is 0 Å². The summed E-state index contributed by atoms with van der Waals surface area (Å²) in [5, 5.41) is 0.864. The number of hydrogen-bond acceptors (Lipinski definition) is 0. The fraction of sp³-hybridized carbons (Fsp3) is 0.333. The lowest BCUT2D eigenvalue weighted by Crippen LogP contribution is -2.27. The van der Waals surface area contributed by atoms with Crippen molar-refractivity contribution in [1.29, 1.82) is 0 Å². The molecule has 1 aliphatic carbocycles. The molecule has 0 amide bonds. The molecular weight excluding hydrogens is 276 g/mol. The maximum atomic E-state index is 13.3. The van der Waals surface area contributed by atoms with Crippen molar-refractivity contribution in [3.63, 3.8) is 0 Å². The Balaban J connectivity index is 2.09. The van der Waals surface area contributed by atoms with Crippen LogP contribution in [-0.4, -0.2) is 10.7 Å². The molecule has 1 aromatic carbocycles. The highest BCUT2D eigenvalue weighted by Crippen LogP contribution is 2.37. The molecule has 1 fully saturated rings. The molecular formula is C12H10BrF2N. The maximum Gasteiger partial charge on any atom is 0.138 e. The lowest BCUT2D eigenvalue weighted by Gasteiger charge is -2.31. The molecule has 1 aromatic heterocycles. The molecule has 0 bridgehead atoms. The molecule has 2 aromatic rings. The zero-order chi connectivity index (χ0) is 11.3. The number of nitrogens with zero attached hydrogens (tertiary/aromatic N) is 1. The molecule has 3 rings (SSSR count). The summed E-state index contributed by atoms with van der Waals surface area (Å²) in [6, 6.07) is 5.36. The summed E-state index contributed by atoms with van der Waals surface area (Å²) in [5.74, 6) is -0.262. The van der Waals surface area contributed by atoms with E-state index in [1.165, 1.54) is 6.07 Å². The third-order valence-corrected chi connectivity index (χ3v) is 3.82. The minimum Gasteiger partial charge on any atom is -0.344 e. The SMILES string of the molecule is Fc1cc2ccn(C3CC(F)C3)c2cc1Br. The molecule has 0 radical (unpaired) electrons. The molecule has 0 aliphatic heterocycles. The first-order chi connectivity index (χ1) is 7.65. The number of alkyl halides is 1. The largest absolute Gasteiger partial charge is 0.344 e. The van der Waals surface area contributed by atoms with Gasteiger partial charge in [0, 0.05) is 23.1 Å². The van der Waals surface area contributed by atoms with Crippen molar-refractivity contribution in [3.8, 4) is 0 Å². The van der Waals surface area contributed by atoms with E-state index in [-0.39, 0.29) is 11.9 Å². The lowest BCUT2D eigenvalue weighted by atomic mass is 9.90. The summed E-state index contributed by atoms with van der Waals surface area (Å²) < 4.78 is 28.6. The minimum atomic E-state index is -0.675. The number of hydrogen-bond donors (Lipinski definition) is 0. The van der Waals surface area contributed by atoms with Crippen molar-refractivity contribution in [2.75, 3.05) is 0 Å². The Morgan fingerprint density at radius 1 is 1.31 bits per heavy atom. The van der Waals surface area contributed by atoms with E-state index in [1.807, 2.05) is 16.8 Å². The van der Waals surface area contributed by atoms with Crippen molar-refractivity contribution < 1.29 is 8.78 Å². The number of benzene rings is 1. The van der Waals surface area contributed by atoms with Crippen LogP contribution in [0.3, 0.4) is 0 Å². The van der Waals surface area contributed by atoms with Crippen LogP contribution in [0, 0.1) is 5.82 Å². The Hall–Kier alpha value is -0.900. The second kappa shape index (κ2) is 3.55. The third-order valence-electron chi connectivity index (χ3n) is 3.21. The molecule has 1 heterocycles. The van der Waals surface area contributed by atoms with Crippen molar-refractivity contribution in [2.45, 2.75) is 25.1 Å². The highest BCUT2D eigenvalue weighted by Gasteiger charge is 2.30. The van der Waals surface area contributed by atoms with Crippen LogP contribution >= 0.6 is 15.9 Å². The third kappa shape index (κ3) is 1.47. The van der Waals surface area contributed by atoms with E-state index in [2.05, 4.69) is 15.9 Å². The van der Waals surface area contributed by atoms with Crippen LogP contribution in [0.4, 0.5) is 8.78 Å². The normalized spacial score (nSPS) is 24.7. The summed E-state index contributed by atoms with van der Waals surface area (Å²) in [6.07, 6.45) is 2.37. The van der Waals surface area contributed by atoms with E-state index in [0.717, 1.165) is 10.9 Å². The molecule has 0 N–H and O–H groups in total. The fourth-order valence-electron chi connectivity index (χ4n) is 2.22. The highest BCUT2D eigenvalue weighted by molar-refractivity contribution is 9.10. The van der Waals surface area contributed by atoms with Gasteiger partial charge in [0.05, 0.1) is 4.47 Å². The zero-order valence-electron chi connectivity index (χ0n) is 8.46. The summed E-state index contributed by atoms with van der Waals surface area (Å²) in [6.45, 7) is 0. The molecule has 1 saturated carbocycles. The molecule has 16 heavy (non-hydrogen) atoms. The lowest BCUT2D eigenvalue weighted by molar-refractivity contribution is 0.140. The van der Waals surface area contributed by atoms with Gasteiger partial charge in [-0.05, 0) is 47.0 Å². The number of aromatic nitrogens is 1. The van der Waals surface area contributed by atoms with Gasteiger partial charge in [-0.25, -0.2) is 8.78 Å². The van der Waals surface area contributed by atoms with E-state index in [9.17, 15) is 8.78 Å². The van der Waals surface area contributed by atoms with Gasteiger partial charge in [-0.2, -0.15) is 0 Å². The predicted molar refractivity (Wildman–Crippen MR) is 62.8 cm³/mol. The topological polar surface area (TPSA) is 4.93 Å². The Morgan fingerprint density at radius 3 is 2.75 bits per heavy atom. The standard InChI is InChI=1S/C12H10BrF2N/c13-10-6-12-7(3-11(10)15)1-2-16(12)9-4-8(14)5-9/h1-3,6,8-9H,4-5H2. The molecule has 0 saturated heterocycles. The van der Waals surface area contributed by atoms with Gasteiger partial charge >= 0.3 is 0 Å². The van der Waals surface area contributed by atoms with E-state index in [4.69, 9.17) is 0 Å². The van der Waals surface area contributed by atoms with Crippen molar-refractivity contribution in [1.82, 2.24) is 4.57 Å². The smallest absolute Gasteiger partial charge is 0.138 e. The quantitative estimate of drug-likeness (QED) is 0.740. The van der Waals surface area contributed by atoms with Crippen molar-refractivity contribution in [2.24, 2.45) is 0 Å². The van der Waals surface area contributed by atoms with Gasteiger partial charge in [-0.15, -0.1) is 0 Å². The molecule has 0 spiro atoms. The molecule has 84 valence electrons. The van der Waals surface area contributed by atoms with Crippen LogP contribution < -0.4 is 0 Å². The first-order valence-electron chi connectivity index (χ1n) is 5.25. The van der Waals surface area contributed by atoms with Gasteiger partial charge < -0.3 is 4.57 Å². The fourth-order valence-corrected chi connectivity index (χ4v) is 2.55. The van der Waals surface area contributed by atoms with E-state index < -0.39 is 6.17 Å². The molecule has 1 aliphatic rings. The van der Waals surface area contributed by atoms with Crippen LogP contribution in [0.15, 0.2) is 28.9 Å². The monoisotopic (exact) mass is 285 g/mol. The van der Waals surface area contributed by atoms with Gasteiger partial charge in [-0.3, -0.25) is 0 Å². The zero-order valence-corrected chi connectivity index (χ0v) is 10.0. The molecule has 0 atom stereocenters. The Bertz CT molecular complexity index is 543. The maximum absolute atomic E-state index is 13.3. The van der Waals surface area contributed by atoms with Gasteiger partial charge in [0.1, 0.15) is 12.0 Å². The highest BCUT2D eigenvalue weighted by atomic mass is 79.9. The van der Waals surface area contributed by atoms with Gasteiger partial charge in [0.25, 0.3) is 0 Å². The molecule has 4 heteroatoms. The predicted octanol–water partition coefficient (Wildman–Crippen LogP) is 4.22. The van der Waals surface area contributed by atoms with Crippen molar-refractivity contribution >= 4 is 26.8 Å².